The number of nitrogens with zero attached hydrogens (tertiary/aromatic N) is 4. The Bertz CT molecular complexity index is 954. The van der Waals surface area contributed by atoms with Crippen LogP contribution in [0.1, 0.15) is 13.3 Å². The van der Waals surface area contributed by atoms with Gasteiger partial charge in [-0.2, -0.15) is 0 Å². The average Bonchev–Trinajstić information content (AvgIpc) is 3.18. The Balaban J connectivity index is 1.70. The number of hydrogen-bond acceptors (Lipinski definition) is 7. The van der Waals surface area contributed by atoms with Crippen LogP contribution < -0.4 is 15.4 Å². The van der Waals surface area contributed by atoms with Crippen LogP contribution in [0.2, 0.25) is 0 Å². The van der Waals surface area contributed by atoms with Crippen LogP contribution in [-0.2, 0) is 0 Å². The molecule has 0 unspecified atom stereocenters. The zero-order chi connectivity index (χ0) is 18.5. The van der Waals surface area contributed by atoms with Crippen LogP contribution in [0.4, 0.5) is 9.52 Å². The van der Waals surface area contributed by atoms with Crippen molar-refractivity contribution >= 4 is 21.4 Å². The van der Waals surface area contributed by atoms with Gasteiger partial charge < -0.3 is 20.5 Å². The first-order chi connectivity index (χ1) is 12.4. The predicted octanol–water partition coefficient (Wildman–Crippen LogP) is 1.89. The Morgan fingerprint density at radius 3 is 3.00 bits per heavy atom. The van der Waals surface area contributed by atoms with E-state index < -0.39 is 5.60 Å². The third-order valence-corrected chi connectivity index (χ3v) is 5.87. The van der Waals surface area contributed by atoms with E-state index in [4.69, 9.17) is 10.5 Å². The molecule has 0 bridgehead atoms. The molecular formula is C17H20FN5O2S. The summed E-state index contributed by atoms with van der Waals surface area (Å²) in [5.41, 5.74) is 6.68. The number of fused-ring (bicyclic) bond motifs is 1. The van der Waals surface area contributed by atoms with E-state index in [1.165, 1.54) is 30.6 Å². The van der Waals surface area contributed by atoms with Gasteiger partial charge in [0.2, 0.25) is 10.1 Å². The minimum atomic E-state index is -0.861. The fraction of sp³-hybridized carbons (Fsp3) is 0.412. The van der Waals surface area contributed by atoms with Crippen LogP contribution >= 0.6 is 11.3 Å². The molecule has 4 rings (SSSR count). The monoisotopic (exact) mass is 377 g/mol. The first kappa shape index (κ1) is 17.2. The summed E-state index contributed by atoms with van der Waals surface area (Å²) >= 11 is 1.45. The Morgan fingerprint density at radius 1 is 1.46 bits per heavy atom. The smallest absolute Gasteiger partial charge is 0.214 e. The summed E-state index contributed by atoms with van der Waals surface area (Å²) in [6, 6.07) is 4.04. The number of anilines is 1. The molecule has 0 aliphatic carbocycles. The molecular weight excluding hydrogens is 357 g/mol. The number of imidazole rings is 1. The maximum Gasteiger partial charge on any atom is 0.214 e. The molecule has 1 aliphatic rings. The number of piperidine rings is 1. The Labute approximate surface area is 153 Å². The molecule has 1 fully saturated rings. The highest BCUT2D eigenvalue weighted by Gasteiger charge is 2.36. The van der Waals surface area contributed by atoms with Gasteiger partial charge in [0.15, 0.2) is 0 Å². The SMILES string of the molecule is COc1cc(F)ccc1-c1cnc2sc(N3CC[C@](C)(O)[C@@H](N)C3)nn12. The second-order valence-corrected chi connectivity index (χ2v) is 7.66. The summed E-state index contributed by atoms with van der Waals surface area (Å²) in [6.07, 6.45) is 2.28. The minimum Gasteiger partial charge on any atom is -0.496 e. The van der Waals surface area contributed by atoms with Crippen LogP contribution in [-0.4, -0.2) is 51.5 Å². The molecule has 0 radical (unpaired) electrons. The molecule has 3 heterocycles. The van der Waals surface area contributed by atoms with E-state index in [2.05, 4.69) is 15.0 Å². The largest absolute Gasteiger partial charge is 0.496 e. The number of hydrogen-bond donors (Lipinski definition) is 2. The van der Waals surface area contributed by atoms with Crippen LogP contribution in [0, 0.1) is 5.82 Å². The quantitative estimate of drug-likeness (QED) is 0.725. The van der Waals surface area contributed by atoms with Crippen molar-refractivity contribution in [3.63, 3.8) is 0 Å². The maximum atomic E-state index is 13.5. The van der Waals surface area contributed by atoms with E-state index in [-0.39, 0.29) is 11.9 Å². The van der Waals surface area contributed by atoms with Crippen molar-refractivity contribution < 1.29 is 14.2 Å². The van der Waals surface area contributed by atoms with Crippen molar-refractivity contribution in [2.24, 2.45) is 5.73 Å². The first-order valence-electron chi connectivity index (χ1n) is 8.30. The highest BCUT2D eigenvalue weighted by Crippen LogP contribution is 2.34. The number of aromatic nitrogens is 3. The Kier molecular flexibility index (Phi) is 4.09. The molecule has 1 aliphatic heterocycles. The van der Waals surface area contributed by atoms with Crippen molar-refractivity contribution in [3.8, 4) is 17.0 Å². The number of aliphatic hydroxyl groups is 1. The van der Waals surface area contributed by atoms with Gasteiger partial charge in [0.25, 0.3) is 0 Å². The van der Waals surface area contributed by atoms with Gasteiger partial charge in [0.1, 0.15) is 11.6 Å². The zero-order valence-electron chi connectivity index (χ0n) is 14.5. The van der Waals surface area contributed by atoms with Gasteiger partial charge in [0.05, 0.1) is 30.6 Å². The van der Waals surface area contributed by atoms with Crippen LogP contribution in [0.25, 0.3) is 16.2 Å². The minimum absolute atomic E-state index is 0.343. The van der Waals surface area contributed by atoms with Crippen LogP contribution in [0.5, 0.6) is 5.75 Å². The summed E-state index contributed by atoms with van der Waals surface area (Å²) in [6.45, 7) is 2.97. The van der Waals surface area contributed by atoms with Crippen molar-refractivity contribution in [3.05, 3.63) is 30.2 Å². The van der Waals surface area contributed by atoms with Crippen molar-refractivity contribution in [2.45, 2.75) is 25.0 Å². The number of rotatable bonds is 3. The summed E-state index contributed by atoms with van der Waals surface area (Å²) in [5, 5.41) is 15.7. The molecule has 1 aromatic carbocycles. The number of ether oxygens (including phenoxy) is 1. The van der Waals surface area contributed by atoms with E-state index in [0.29, 0.717) is 25.3 Å². The molecule has 0 amide bonds. The first-order valence-corrected chi connectivity index (χ1v) is 9.12. The molecule has 2 atom stereocenters. The lowest BCUT2D eigenvalue weighted by atomic mass is 9.89. The zero-order valence-corrected chi connectivity index (χ0v) is 15.3. The van der Waals surface area contributed by atoms with Gasteiger partial charge in [-0.3, -0.25) is 0 Å². The molecule has 0 spiro atoms. The standard InChI is InChI=1S/C17H20FN5O2S/c1-17(24)5-6-22(9-14(17)19)16-21-23-12(8-20-15(23)26-16)11-4-3-10(18)7-13(11)25-2/h3-4,7-8,14,24H,5-6,9,19H2,1-2H3/t14-,17-/m0/s1. The lowest BCUT2D eigenvalue weighted by Gasteiger charge is -2.40. The molecule has 3 N–H and O–H groups in total. The second-order valence-electron chi connectivity index (χ2n) is 6.73. The van der Waals surface area contributed by atoms with Crippen LogP contribution in [0.15, 0.2) is 24.4 Å². The fourth-order valence-corrected chi connectivity index (χ4v) is 4.03. The second kappa shape index (κ2) is 6.19. The summed E-state index contributed by atoms with van der Waals surface area (Å²) in [5.74, 6) is 0.0667. The number of methoxy groups -OCH3 is 1. The Hall–Kier alpha value is -2.23. The van der Waals surface area contributed by atoms with Crippen molar-refractivity contribution in [1.29, 1.82) is 0 Å². The molecule has 138 valence electrons. The van der Waals surface area contributed by atoms with Gasteiger partial charge in [-0.05, 0) is 25.5 Å². The highest BCUT2D eigenvalue weighted by atomic mass is 32.1. The molecule has 7 nitrogen and oxygen atoms in total. The molecule has 2 aromatic heterocycles. The van der Waals surface area contributed by atoms with E-state index in [0.717, 1.165) is 21.3 Å². The number of nitrogens with two attached hydrogens (primary N) is 1. The molecule has 0 saturated carbocycles. The maximum absolute atomic E-state index is 13.5. The van der Waals surface area contributed by atoms with E-state index in [1.54, 1.807) is 23.7 Å². The van der Waals surface area contributed by atoms with Crippen molar-refractivity contribution in [2.75, 3.05) is 25.1 Å². The predicted molar refractivity (Wildman–Crippen MR) is 98.2 cm³/mol. The Morgan fingerprint density at radius 2 is 2.27 bits per heavy atom. The van der Waals surface area contributed by atoms with E-state index in [1.807, 2.05) is 0 Å². The summed E-state index contributed by atoms with van der Waals surface area (Å²) < 4.78 is 20.5. The number of benzene rings is 1. The van der Waals surface area contributed by atoms with Crippen LogP contribution in [0.3, 0.4) is 0 Å². The lowest BCUT2D eigenvalue weighted by Crippen LogP contribution is -2.58. The average molecular weight is 377 g/mol. The molecule has 9 heteroatoms. The number of halogens is 1. The highest BCUT2D eigenvalue weighted by molar-refractivity contribution is 7.20. The topological polar surface area (TPSA) is 88.9 Å². The molecule has 26 heavy (non-hydrogen) atoms. The van der Waals surface area contributed by atoms with Gasteiger partial charge in [-0.25, -0.2) is 13.9 Å². The third-order valence-electron chi connectivity index (χ3n) is 4.89. The summed E-state index contributed by atoms with van der Waals surface area (Å²) in [4.78, 5) is 7.21. The van der Waals surface area contributed by atoms with Gasteiger partial charge >= 0.3 is 0 Å². The normalized spacial score (nSPS) is 23.6. The lowest BCUT2D eigenvalue weighted by molar-refractivity contribution is 0.0168. The van der Waals surface area contributed by atoms with E-state index >= 15 is 0 Å². The third kappa shape index (κ3) is 2.81. The van der Waals surface area contributed by atoms with Gasteiger partial charge in [-0.15, -0.1) is 5.10 Å². The molecule has 1 saturated heterocycles. The summed E-state index contributed by atoms with van der Waals surface area (Å²) in [7, 11) is 1.50. The van der Waals surface area contributed by atoms with Gasteiger partial charge in [-0.1, -0.05) is 11.3 Å². The van der Waals surface area contributed by atoms with Crippen molar-refractivity contribution in [1.82, 2.24) is 14.6 Å². The van der Waals surface area contributed by atoms with Gasteiger partial charge in [0, 0.05) is 24.7 Å². The van der Waals surface area contributed by atoms with E-state index in [9.17, 15) is 9.50 Å². The fourth-order valence-electron chi connectivity index (χ4n) is 3.12. The molecule has 3 aromatic rings.